The predicted octanol–water partition coefficient (Wildman–Crippen LogP) is 3.07. The number of hydrogen-bond donors (Lipinski definition) is 3. The van der Waals surface area contributed by atoms with E-state index >= 15 is 0 Å². The van der Waals surface area contributed by atoms with Crippen molar-refractivity contribution in [3.05, 3.63) is 71.4 Å². The topological polar surface area (TPSA) is 104 Å². The number of hydroxylamine groups is 1. The molecule has 0 bridgehead atoms. The number of ether oxygens (including phenoxy) is 1. The number of hydrogen-bond acceptors (Lipinski definition) is 6. The molecule has 1 fully saturated rings. The van der Waals surface area contributed by atoms with Gasteiger partial charge in [-0.1, -0.05) is 24.1 Å². The number of rotatable bonds is 8. The van der Waals surface area contributed by atoms with Crippen LogP contribution < -0.4 is 15.5 Å². The zero-order valence-corrected chi connectivity index (χ0v) is 20.5. The van der Waals surface area contributed by atoms with E-state index in [2.05, 4.69) is 27.0 Å². The summed E-state index contributed by atoms with van der Waals surface area (Å²) in [6.45, 7) is 5.90. The summed E-state index contributed by atoms with van der Waals surface area (Å²) >= 11 is 0. The van der Waals surface area contributed by atoms with E-state index in [0.29, 0.717) is 37.6 Å². The SMILES string of the molecule is CC#CCN1C[C@H](CC(=O)NO)[C@H](NC(=O)c2ccc(OCc3cc(C)nc4ccccc34)cc2)C1. The average molecular weight is 487 g/mol. The van der Waals surface area contributed by atoms with Crippen LogP contribution >= 0.6 is 0 Å². The largest absolute Gasteiger partial charge is 0.489 e. The van der Waals surface area contributed by atoms with E-state index in [1.807, 2.05) is 37.3 Å². The van der Waals surface area contributed by atoms with Crippen molar-refractivity contribution >= 4 is 22.7 Å². The Bertz CT molecular complexity index is 1300. The molecule has 3 aromatic rings. The smallest absolute Gasteiger partial charge is 0.251 e. The summed E-state index contributed by atoms with van der Waals surface area (Å²) in [6, 6.07) is 16.8. The number of nitrogens with zero attached hydrogens (tertiary/aromatic N) is 2. The summed E-state index contributed by atoms with van der Waals surface area (Å²) in [5.41, 5.74) is 5.11. The zero-order valence-electron chi connectivity index (χ0n) is 20.5. The highest BCUT2D eigenvalue weighted by molar-refractivity contribution is 5.94. The first-order valence-electron chi connectivity index (χ1n) is 11.9. The Labute approximate surface area is 210 Å². The fourth-order valence-electron chi connectivity index (χ4n) is 4.56. The Morgan fingerprint density at radius 1 is 1.17 bits per heavy atom. The lowest BCUT2D eigenvalue weighted by molar-refractivity contribution is -0.130. The first kappa shape index (κ1) is 25.2. The van der Waals surface area contributed by atoms with Gasteiger partial charge in [0.05, 0.1) is 12.1 Å². The third kappa shape index (κ3) is 6.19. The molecule has 2 aromatic carbocycles. The second-order valence-corrected chi connectivity index (χ2v) is 8.95. The van der Waals surface area contributed by atoms with Crippen LogP contribution in [-0.4, -0.2) is 52.6 Å². The Kier molecular flexibility index (Phi) is 8.16. The summed E-state index contributed by atoms with van der Waals surface area (Å²) in [4.78, 5) is 31.3. The molecule has 2 heterocycles. The molecule has 2 amide bonds. The number of carbonyl (C=O) groups excluding carboxylic acids is 2. The molecule has 2 atom stereocenters. The van der Waals surface area contributed by atoms with E-state index in [4.69, 9.17) is 9.94 Å². The van der Waals surface area contributed by atoms with E-state index in [1.54, 1.807) is 36.7 Å². The molecule has 1 aliphatic rings. The van der Waals surface area contributed by atoms with Crippen LogP contribution in [0.1, 0.15) is 35.0 Å². The summed E-state index contributed by atoms with van der Waals surface area (Å²) in [5, 5.41) is 13.0. The number of aryl methyl sites for hydroxylation is 1. The number of aromatic nitrogens is 1. The predicted molar refractivity (Wildman–Crippen MR) is 136 cm³/mol. The minimum Gasteiger partial charge on any atom is -0.489 e. The zero-order chi connectivity index (χ0) is 25.5. The summed E-state index contributed by atoms with van der Waals surface area (Å²) in [6.07, 6.45) is 0.118. The normalized spacial score (nSPS) is 17.3. The monoisotopic (exact) mass is 486 g/mol. The number of likely N-dealkylation sites (tertiary alicyclic amines) is 1. The van der Waals surface area contributed by atoms with Gasteiger partial charge in [0.15, 0.2) is 0 Å². The van der Waals surface area contributed by atoms with Crippen molar-refractivity contribution in [1.29, 1.82) is 0 Å². The molecule has 36 heavy (non-hydrogen) atoms. The van der Waals surface area contributed by atoms with Gasteiger partial charge in [-0.15, -0.1) is 5.92 Å². The molecule has 0 saturated carbocycles. The maximum Gasteiger partial charge on any atom is 0.251 e. The fraction of sp³-hybridized carbons (Fsp3) is 0.321. The van der Waals surface area contributed by atoms with Gasteiger partial charge >= 0.3 is 0 Å². The standard InChI is InChI=1S/C28H30N4O4/c1-3-4-13-32-16-21(15-27(33)31-35)26(17-32)30-28(34)20-9-11-23(12-10-20)36-18-22-14-19(2)29-25-8-6-5-7-24(22)25/h5-12,14,21,26,35H,13,15-18H2,1-2H3,(H,30,34)(H,31,33)/t21-,26+/m0/s1. The number of amides is 2. The summed E-state index contributed by atoms with van der Waals surface area (Å²) < 4.78 is 6.00. The number of nitrogens with one attached hydrogen (secondary N) is 2. The van der Waals surface area contributed by atoms with Crippen molar-refractivity contribution in [1.82, 2.24) is 20.7 Å². The summed E-state index contributed by atoms with van der Waals surface area (Å²) in [5.74, 6) is 5.73. The van der Waals surface area contributed by atoms with Crippen LogP contribution in [0.25, 0.3) is 10.9 Å². The van der Waals surface area contributed by atoms with Gasteiger partial charge in [-0.25, -0.2) is 5.48 Å². The van der Waals surface area contributed by atoms with E-state index in [0.717, 1.165) is 22.2 Å². The molecule has 0 unspecified atom stereocenters. The molecule has 186 valence electrons. The van der Waals surface area contributed by atoms with Crippen molar-refractivity contribution in [2.75, 3.05) is 19.6 Å². The van der Waals surface area contributed by atoms with Crippen molar-refractivity contribution in [2.45, 2.75) is 32.9 Å². The van der Waals surface area contributed by atoms with Gasteiger partial charge in [-0.05, 0) is 50.2 Å². The maximum atomic E-state index is 12.9. The van der Waals surface area contributed by atoms with Gasteiger partial charge in [0.25, 0.3) is 5.91 Å². The van der Waals surface area contributed by atoms with Gasteiger partial charge in [0.2, 0.25) is 5.91 Å². The van der Waals surface area contributed by atoms with Crippen molar-refractivity contribution < 1.29 is 19.5 Å². The number of fused-ring (bicyclic) bond motifs is 1. The van der Waals surface area contributed by atoms with Crippen LogP contribution in [0.3, 0.4) is 0 Å². The van der Waals surface area contributed by atoms with E-state index < -0.39 is 5.91 Å². The average Bonchev–Trinajstić information content (AvgIpc) is 3.26. The Hall–Kier alpha value is -3.93. The van der Waals surface area contributed by atoms with Crippen LogP contribution in [0.4, 0.5) is 0 Å². The van der Waals surface area contributed by atoms with Gasteiger partial charge < -0.3 is 10.1 Å². The van der Waals surface area contributed by atoms with Crippen LogP contribution in [0.2, 0.25) is 0 Å². The molecule has 4 rings (SSSR count). The Morgan fingerprint density at radius 2 is 1.94 bits per heavy atom. The summed E-state index contributed by atoms with van der Waals surface area (Å²) in [7, 11) is 0. The van der Waals surface area contributed by atoms with Gasteiger partial charge in [-0.3, -0.25) is 24.7 Å². The molecule has 1 saturated heterocycles. The number of carbonyl (C=O) groups is 2. The molecule has 0 aliphatic carbocycles. The second kappa shape index (κ2) is 11.7. The minimum absolute atomic E-state index is 0.118. The lowest BCUT2D eigenvalue weighted by Gasteiger charge is -2.19. The molecule has 8 heteroatoms. The molecule has 0 spiro atoms. The van der Waals surface area contributed by atoms with E-state index in [1.165, 1.54) is 0 Å². The molecule has 3 N–H and O–H groups in total. The van der Waals surface area contributed by atoms with E-state index in [9.17, 15) is 9.59 Å². The van der Waals surface area contributed by atoms with Crippen LogP contribution in [0, 0.1) is 24.7 Å². The van der Waals surface area contributed by atoms with Crippen molar-refractivity contribution in [3.8, 4) is 17.6 Å². The first-order valence-corrected chi connectivity index (χ1v) is 11.9. The highest BCUT2D eigenvalue weighted by atomic mass is 16.5. The second-order valence-electron chi connectivity index (χ2n) is 8.95. The third-order valence-corrected chi connectivity index (χ3v) is 6.33. The van der Waals surface area contributed by atoms with Crippen LogP contribution in [-0.2, 0) is 11.4 Å². The Balaban J connectivity index is 1.39. The molecular weight excluding hydrogens is 456 g/mol. The molecular formula is C28H30N4O4. The Morgan fingerprint density at radius 3 is 2.69 bits per heavy atom. The number of pyridine rings is 1. The lowest BCUT2D eigenvalue weighted by atomic mass is 9.99. The maximum absolute atomic E-state index is 12.9. The molecule has 0 radical (unpaired) electrons. The number of para-hydroxylation sites is 1. The molecule has 8 nitrogen and oxygen atoms in total. The van der Waals surface area contributed by atoms with Crippen LogP contribution in [0.5, 0.6) is 5.75 Å². The van der Waals surface area contributed by atoms with E-state index in [-0.39, 0.29) is 24.3 Å². The fourth-order valence-corrected chi connectivity index (χ4v) is 4.56. The van der Waals surface area contributed by atoms with Gasteiger partial charge in [0, 0.05) is 53.7 Å². The lowest BCUT2D eigenvalue weighted by Crippen LogP contribution is -2.41. The minimum atomic E-state index is -0.471. The quantitative estimate of drug-likeness (QED) is 0.257. The van der Waals surface area contributed by atoms with Crippen molar-refractivity contribution in [3.63, 3.8) is 0 Å². The number of benzene rings is 2. The highest BCUT2D eigenvalue weighted by Crippen LogP contribution is 2.23. The van der Waals surface area contributed by atoms with Gasteiger partial charge in [-0.2, -0.15) is 0 Å². The van der Waals surface area contributed by atoms with Crippen molar-refractivity contribution in [2.24, 2.45) is 5.92 Å². The van der Waals surface area contributed by atoms with Gasteiger partial charge in [0.1, 0.15) is 12.4 Å². The molecule has 1 aliphatic heterocycles. The van der Waals surface area contributed by atoms with Crippen LogP contribution in [0.15, 0.2) is 54.6 Å². The highest BCUT2D eigenvalue weighted by Gasteiger charge is 2.34. The first-order chi connectivity index (χ1) is 17.5. The molecule has 1 aromatic heterocycles. The third-order valence-electron chi connectivity index (χ3n) is 6.33.